The molecule has 176 valence electrons. The van der Waals surface area contributed by atoms with Crippen LogP contribution in [-0.4, -0.2) is 16.5 Å². The molecule has 8 heteroatoms. The first-order valence-electron chi connectivity index (χ1n) is 10.8. The zero-order valence-electron chi connectivity index (χ0n) is 18.8. The largest absolute Gasteiger partial charge is 0.493 e. The second-order valence-corrected chi connectivity index (χ2v) is 9.70. The number of nitrogens with zero attached hydrogens (tertiary/aromatic N) is 2. The average molecular weight is 523 g/mol. The lowest BCUT2D eigenvalue weighted by Crippen LogP contribution is -2.22. The summed E-state index contributed by atoms with van der Waals surface area (Å²) in [5, 5.41) is 0.964. The van der Waals surface area contributed by atoms with Crippen molar-refractivity contribution in [2.75, 3.05) is 7.11 Å². The normalized spacial score (nSPS) is 11.9. The predicted octanol–water partition coefficient (Wildman–Crippen LogP) is 6.08. The molecule has 35 heavy (non-hydrogen) atoms. The number of fused-ring (bicyclic) bond motifs is 3. The topological polar surface area (TPSA) is 52.8 Å². The predicted molar refractivity (Wildman–Crippen MR) is 143 cm³/mol. The molecule has 0 aliphatic heterocycles. The molecule has 5 aromatic rings. The Morgan fingerprint density at radius 3 is 2.71 bits per heavy atom. The van der Waals surface area contributed by atoms with Gasteiger partial charge in [-0.25, -0.2) is 9.38 Å². The van der Waals surface area contributed by atoms with Crippen LogP contribution in [0.4, 0.5) is 0 Å². The molecule has 0 bridgehead atoms. The molecule has 0 fully saturated rings. The van der Waals surface area contributed by atoms with Crippen molar-refractivity contribution in [3.05, 3.63) is 109 Å². The number of para-hydroxylation sites is 2. The van der Waals surface area contributed by atoms with Crippen LogP contribution in [0.15, 0.2) is 72.0 Å². The van der Waals surface area contributed by atoms with Gasteiger partial charge in [0.05, 0.1) is 32.7 Å². The minimum atomic E-state index is -0.0946. The first-order valence-corrected chi connectivity index (χ1v) is 12.4. The van der Waals surface area contributed by atoms with Gasteiger partial charge in [0.15, 0.2) is 16.5 Å². The van der Waals surface area contributed by atoms with Crippen LogP contribution < -0.4 is 19.6 Å². The molecule has 3 aromatic carbocycles. The van der Waals surface area contributed by atoms with E-state index in [0.29, 0.717) is 44.1 Å². The number of imidazole rings is 1. The van der Waals surface area contributed by atoms with Crippen LogP contribution in [0.5, 0.6) is 11.5 Å². The van der Waals surface area contributed by atoms with Crippen molar-refractivity contribution in [3.8, 4) is 11.5 Å². The fourth-order valence-electron chi connectivity index (χ4n) is 3.94. The summed E-state index contributed by atoms with van der Waals surface area (Å²) < 4.78 is 14.0. The van der Waals surface area contributed by atoms with E-state index in [2.05, 4.69) is 11.6 Å². The number of methoxy groups -OCH3 is 1. The molecule has 5 nitrogen and oxygen atoms in total. The summed E-state index contributed by atoms with van der Waals surface area (Å²) in [6, 6.07) is 16.8. The number of allylic oxidation sites excluding steroid dienone is 1. The van der Waals surface area contributed by atoms with Crippen molar-refractivity contribution >= 4 is 56.6 Å². The van der Waals surface area contributed by atoms with Gasteiger partial charge in [-0.1, -0.05) is 58.8 Å². The molecular formula is C27H20Cl2N2O3S. The first kappa shape index (κ1) is 23.4. The second kappa shape index (κ2) is 9.74. The number of thiazole rings is 1. The first-order chi connectivity index (χ1) is 17.0. The highest BCUT2D eigenvalue weighted by molar-refractivity contribution is 7.15. The number of halogens is 2. The van der Waals surface area contributed by atoms with Crippen LogP contribution in [0.2, 0.25) is 10.0 Å². The van der Waals surface area contributed by atoms with Gasteiger partial charge in [-0.15, -0.1) is 6.58 Å². The zero-order valence-corrected chi connectivity index (χ0v) is 21.1. The minimum absolute atomic E-state index is 0.0946. The highest BCUT2D eigenvalue weighted by atomic mass is 35.5. The Bertz CT molecular complexity index is 1690. The summed E-state index contributed by atoms with van der Waals surface area (Å²) in [5.41, 5.74) is 4.12. The van der Waals surface area contributed by atoms with Crippen LogP contribution in [0.3, 0.4) is 0 Å². The average Bonchev–Trinajstić information content (AvgIpc) is 3.36. The minimum Gasteiger partial charge on any atom is -0.493 e. The zero-order chi connectivity index (χ0) is 24.5. The molecule has 0 radical (unpaired) electrons. The SMILES string of the molecule is C=CCc1cc(/C=c2\sc3nc4ccccc4n3c2=O)cc(OC)c1OCc1ccc(Cl)c(Cl)c1. The molecule has 0 atom stereocenters. The highest BCUT2D eigenvalue weighted by Crippen LogP contribution is 2.35. The Morgan fingerprint density at radius 2 is 1.94 bits per heavy atom. The molecular weight excluding hydrogens is 503 g/mol. The van der Waals surface area contributed by atoms with Crippen LogP contribution in [0, 0.1) is 0 Å². The molecule has 2 heterocycles. The van der Waals surface area contributed by atoms with Crippen molar-refractivity contribution in [3.63, 3.8) is 0 Å². The monoisotopic (exact) mass is 522 g/mol. The van der Waals surface area contributed by atoms with Gasteiger partial charge in [0, 0.05) is 5.56 Å². The Hall–Kier alpha value is -3.32. The molecule has 0 aliphatic carbocycles. The van der Waals surface area contributed by atoms with Crippen molar-refractivity contribution < 1.29 is 9.47 Å². The molecule has 0 amide bonds. The molecule has 5 rings (SSSR count). The second-order valence-electron chi connectivity index (χ2n) is 7.88. The quantitative estimate of drug-likeness (QED) is 0.243. The third-order valence-electron chi connectivity index (χ3n) is 5.55. The third kappa shape index (κ3) is 4.52. The lowest BCUT2D eigenvalue weighted by molar-refractivity contribution is 0.282. The lowest BCUT2D eigenvalue weighted by atomic mass is 10.1. The maximum Gasteiger partial charge on any atom is 0.274 e. The summed E-state index contributed by atoms with van der Waals surface area (Å²) >= 11 is 13.5. The summed E-state index contributed by atoms with van der Waals surface area (Å²) in [7, 11) is 1.59. The third-order valence-corrected chi connectivity index (χ3v) is 7.26. The van der Waals surface area contributed by atoms with Crippen molar-refractivity contribution in [2.45, 2.75) is 13.0 Å². The van der Waals surface area contributed by atoms with Crippen LogP contribution in [0.25, 0.3) is 22.1 Å². The summed E-state index contributed by atoms with van der Waals surface area (Å²) in [5.74, 6) is 1.18. The van der Waals surface area contributed by atoms with Gasteiger partial charge >= 0.3 is 0 Å². The van der Waals surface area contributed by atoms with Crippen molar-refractivity contribution in [1.82, 2.24) is 9.38 Å². The smallest absolute Gasteiger partial charge is 0.274 e. The van der Waals surface area contributed by atoms with Crippen molar-refractivity contribution in [2.24, 2.45) is 0 Å². The standard InChI is InChI=1S/C27H20Cl2N2O3S/c1-3-6-18-11-17(13-23(33-2)25(18)34-15-16-9-10-19(28)20(29)12-16)14-24-26(32)31-22-8-5-4-7-21(22)30-27(31)35-24/h3-5,7-14H,1,6,15H2,2H3/b24-14-. The molecule has 0 saturated heterocycles. The van der Waals surface area contributed by atoms with Gasteiger partial charge in [-0.05, 0) is 60.0 Å². The van der Waals surface area contributed by atoms with E-state index in [9.17, 15) is 4.79 Å². The molecule has 2 aromatic heterocycles. The summed E-state index contributed by atoms with van der Waals surface area (Å²) in [4.78, 5) is 18.4. The number of aromatic nitrogens is 2. The number of ether oxygens (including phenoxy) is 2. The molecule has 0 saturated carbocycles. The van der Waals surface area contributed by atoms with E-state index in [1.54, 1.807) is 29.7 Å². The maximum atomic E-state index is 13.2. The van der Waals surface area contributed by atoms with E-state index in [1.165, 1.54) is 11.3 Å². The Morgan fingerprint density at radius 1 is 1.11 bits per heavy atom. The van der Waals surface area contributed by atoms with Crippen molar-refractivity contribution in [1.29, 1.82) is 0 Å². The summed E-state index contributed by atoms with van der Waals surface area (Å²) in [6.07, 6.45) is 4.22. The van der Waals surface area contributed by atoms with Crippen LogP contribution in [0.1, 0.15) is 16.7 Å². The van der Waals surface area contributed by atoms with Gasteiger partial charge < -0.3 is 9.47 Å². The summed E-state index contributed by atoms with van der Waals surface area (Å²) in [6.45, 7) is 4.16. The number of benzene rings is 3. The number of hydrogen-bond acceptors (Lipinski definition) is 5. The number of hydrogen-bond donors (Lipinski definition) is 0. The fraction of sp³-hybridized carbons (Fsp3) is 0.111. The Kier molecular flexibility index (Phi) is 6.52. The van der Waals surface area contributed by atoms with Gasteiger partial charge in [-0.2, -0.15) is 0 Å². The van der Waals surface area contributed by atoms with Crippen LogP contribution in [-0.2, 0) is 13.0 Å². The molecule has 0 aliphatic rings. The van der Waals surface area contributed by atoms with E-state index in [4.69, 9.17) is 32.7 Å². The highest BCUT2D eigenvalue weighted by Gasteiger charge is 2.15. The van der Waals surface area contributed by atoms with E-state index in [-0.39, 0.29) is 5.56 Å². The molecule has 0 unspecified atom stereocenters. The maximum absolute atomic E-state index is 13.2. The van der Waals surface area contributed by atoms with Crippen LogP contribution >= 0.6 is 34.5 Å². The Balaban J connectivity index is 1.55. The van der Waals surface area contributed by atoms with E-state index >= 15 is 0 Å². The number of rotatable bonds is 7. The molecule has 0 N–H and O–H groups in total. The van der Waals surface area contributed by atoms with Gasteiger partial charge in [0.25, 0.3) is 5.56 Å². The van der Waals surface area contributed by atoms with Gasteiger partial charge in [0.1, 0.15) is 6.61 Å². The van der Waals surface area contributed by atoms with E-state index < -0.39 is 0 Å². The lowest BCUT2D eigenvalue weighted by Gasteiger charge is -2.16. The van der Waals surface area contributed by atoms with E-state index in [1.807, 2.05) is 48.5 Å². The van der Waals surface area contributed by atoms with Gasteiger partial charge in [-0.3, -0.25) is 4.79 Å². The molecule has 0 spiro atoms. The fourth-order valence-corrected chi connectivity index (χ4v) is 5.25. The van der Waals surface area contributed by atoms with E-state index in [0.717, 1.165) is 27.7 Å². The Labute approximate surface area is 215 Å². The van der Waals surface area contributed by atoms with Gasteiger partial charge in [0.2, 0.25) is 0 Å².